The first-order valence-corrected chi connectivity index (χ1v) is 37.8. The maximum atomic E-state index is 14.9. The lowest BCUT2D eigenvalue weighted by atomic mass is 10.0. The first-order valence-electron chi connectivity index (χ1n) is 34.3. The van der Waals surface area contributed by atoms with E-state index >= 15 is 0 Å². The second-order valence-corrected chi connectivity index (χ2v) is 29.0. The standard InChI is InChI=1S/C67H100N14O17S3/c1-3-4-6-15-55(84)71-51-42-101-40-47-31-45(38-99-29-18-70-56(85)34-76-21-23-77(35-57(86)87)25-27-79(37-59(90)91)28-26-78(24-22-76)36-58(88)89)30-46(32-47)39-100-41-50(61(69)92)74-63(94)49(33-44-11-7-5-8-12-44)73-62(93)48(16-17-54(68)83)72-65(96)60(43(2)82)75-64(95)52-13-9-19-80(52)67(98)53-14-10-20-81(53)66(51)97/h5,7-8,11-12,30-32,43,48-53,60,82H,3-4,6,9-10,13-29,33-42H2,1-2H3,(H2,68,83)(H2,69,92)(H,70,85)(H,71,84)(H,72,96)(H,73,93)(H,74,94)(H,75,95)(H,86,87)(H,88,89)(H,90,91)/t43-,48+,49+,50+,51+,52+,53+,60+/m1/s1. The number of amides is 10. The van der Waals surface area contributed by atoms with Gasteiger partial charge >= 0.3 is 17.9 Å². The number of thioether (sulfide) groups is 3. The zero-order valence-electron chi connectivity index (χ0n) is 57.5. The SMILES string of the molecule is CCCCCC(=O)N[C@H]1CSCc2cc(CSCCNC(=O)CN3CCN(CC(=O)O)CCN(CC(=O)O)CCN(CC(=O)O)CC3)cc(c2)CSC[C@@H](C(N)=O)NC(=O)[C@H](Cc2ccccc2)NC(=O)[C@H](CCC(N)=O)NC(=O)[C@H]([C@@H](C)O)NC(=O)[C@@H]2CCCN2C(=O)[C@@H]2CCCN2C1=O. The summed E-state index contributed by atoms with van der Waals surface area (Å²) < 4.78 is 0. The molecule has 3 fully saturated rings. The van der Waals surface area contributed by atoms with Crippen LogP contribution in [0.1, 0.15) is 100 Å². The number of aliphatic carboxylic acids is 3. The van der Waals surface area contributed by atoms with Crippen LogP contribution in [0.4, 0.5) is 0 Å². The Kier molecular flexibility index (Phi) is 34.8. The van der Waals surface area contributed by atoms with E-state index < -0.39 is 120 Å². The van der Waals surface area contributed by atoms with Crippen molar-refractivity contribution in [2.75, 3.05) is 115 Å². The molecule has 558 valence electrons. The minimum absolute atomic E-state index is 0.0358. The van der Waals surface area contributed by atoms with Crippen molar-refractivity contribution in [2.45, 2.75) is 150 Å². The van der Waals surface area contributed by atoms with Gasteiger partial charge in [-0.25, -0.2) is 0 Å². The summed E-state index contributed by atoms with van der Waals surface area (Å²) in [6, 6.07) is 5.42. The second-order valence-electron chi connectivity index (χ2n) is 25.8. The highest BCUT2D eigenvalue weighted by Crippen LogP contribution is 2.28. The highest BCUT2D eigenvalue weighted by Gasteiger charge is 2.45. The number of benzene rings is 2. The summed E-state index contributed by atoms with van der Waals surface area (Å²) in [5.74, 6) is -8.50. The molecule has 2 aromatic rings. The van der Waals surface area contributed by atoms with Gasteiger partial charge in [0.25, 0.3) is 0 Å². The summed E-state index contributed by atoms with van der Waals surface area (Å²) in [5.41, 5.74) is 14.6. The predicted molar refractivity (Wildman–Crippen MR) is 379 cm³/mol. The van der Waals surface area contributed by atoms with E-state index in [1.54, 1.807) is 45.0 Å². The molecule has 14 N–H and O–H groups in total. The van der Waals surface area contributed by atoms with Crippen LogP contribution in [0.5, 0.6) is 0 Å². The molecule has 10 amide bonds. The molecule has 0 aromatic heterocycles. The van der Waals surface area contributed by atoms with Gasteiger partial charge in [-0.2, -0.15) is 35.3 Å². The summed E-state index contributed by atoms with van der Waals surface area (Å²) in [5, 5.41) is 56.2. The number of nitrogens with two attached hydrogens (primary N) is 2. The van der Waals surface area contributed by atoms with E-state index in [4.69, 9.17) is 11.5 Å². The number of carbonyl (C=O) groups is 13. The number of nitrogens with one attached hydrogen (secondary N) is 6. The lowest BCUT2D eigenvalue weighted by molar-refractivity contribution is -0.148. The summed E-state index contributed by atoms with van der Waals surface area (Å²) in [6.45, 7) is 4.77. The van der Waals surface area contributed by atoms with Crippen LogP contribution in [0.3, 0.4) is 0 Å². The quantitative estimate of drug-likeness (QED) is 0.0496. The van der Waals surface area contributed by atoms with Crippen molar-refractivity contribution in [1.29, 1.82) is 0 Å². The van der Waals surface area contributed by atoms with E-state index in [-0.39, 0.29) is 154 Å². The van der Waals surface area contributed by atoms with Crippen LogP contribution in [-0.4, -0.2) is 291 Å². The molecular formula is C67H100N14O17S3. The molecule has 4 aliphatic rings. The van der Waals surface area contributed by atoms with Gasteiger partial charge in [0.1, 0.15) is 42.3 Å². The molecule has 0 saturated carbocycles. The predicted octanol–water partition coefficient (Wildman–Crippen LogP) is -1.65. The lowest BCUT2D eigenvalue weighted by Gasteiger charge is -2.33. The van der Waals surface area contributed by atoms with Crippen molar-refractivity contribution < 1.29 is 82.8 Å². The van der Waals surface area contributed by atoms with Crippen LogP contribution in [0.2, 0.25) is 0 Å². The van der Waals surface area contributed by atoms with Gasteiger partial charge in [-0.15, -0.1) is 0 Å². The van der Waals surface area contributed by atoms with E-state index in [9.17, 15) is 82.8 Å². The molecule has 2 aromatic carbocycles. The average molecular weight is 1470 g/mol. The maximum Gasteiger partial charge on any atom is 0.317 e. The molecule has 4 heterocycles. The second kappa shape index (κ2) is 42.7. The molecule has 3 saturated heterocycles. The van der Waals surface area contributed by atoms with Gasteiger partial charge in [-0.05, 0) is 67.7 Å². The average Bonchev–Trinajstić information content (AvgIpc) is 1.72. The zero-order chi connectivity index (χ0) is 73.5. The number of primary amides is 2. The largest absolute Gasteiger partial charge is 0.480 e. The Labute approximate surface area is 601 Å². The van der Waals surface area contributed by atoms with E-state index in [0.29, 0.717) is 47.8 Å². The Balaban J connectivity index is 1.26. The molecule has 101 heavy (non-hydrogen) atoms. The first-order chi connectivity index (χ1) is 48.3. The van der Waals surface area contributed by atoms with E-state index in [2.05, 4.69) is 31.9 Å². The number of carbonyl (C=O) groups excluding carboxylic acids is 10. The van der Waals surface area contributed by atoms with Gasteiger partial charge in [-0.1, -0.05) is 68.3 Å². The Hall–Kier alpha value is -7.60. The van der Waals surface area contributed by atoms with Gasteiger partial charge in [-0.3, -0.25) is 81.9 Å². The third kappa shape index (κ3) is 28.6. The van der Waals surface area contributed by atoms with Crippen LogP contribution in [0.15, 0.2) is 48.5 Å². The molecule has 4 aliphatic heterocycles. The molecular weight excluding hydrogens is 1370 g/mol. The van der Waals surface area contributed by atoms with Gasteiger partial charge < -0.3 is 73.6 Å². The number of hydrogen-bond acceptors (Lipinski definition) is 21. The molecule has 0 aliphatic carbocycles. The summed E-state index contributed by atoms with van der Waals surface area (Å²) in [6.07, 6.45) is 1.21. The third-order valence-electron chi connectivity index (χ3n) is 17.7. The number of nitrogens with zero attached hydrogens (tertiary/aromatic N) is 6. The van der Waals surface area contributed by atoms with Crippen molar-refractivity contribution in [2.24, 2.45) is 11.5 Å². The van der Waals surface area contributed by atoms with Crippen molar-refractivity contribution in [1.82, 2.24) is 61.3 Å². The molecule has 8 atom stereocenters. The number of fused-ring (bicyclic) bond motifs is 4. The van der Waals surface area contributed by atoms with Gasteiger partial charge in [0.15, 0.2) is 0 Å². The summed E-state index contributed by atoms with van der Waals surface area (Å²) in [4.78, 5) is 185. The zero-order valence-corrected chi connectivity index (χ0v) is 60.0. The molecule has 2 bridgehead atoms. The number of carboxylic acids is 3. The Bertz CT molecular complexity index is 3150. The third-order valence-corrected chi connectivity index (χ3v) is 20.9. The highest BCUT2D eigenvalue weighted by atomic mass is 32.2. The number of hydrogen-bond donors (Lipinski definition) is 12. The van der Waals surface area contributed by atoms with Crippen molar-refractivity contribution in [3.63, 3.8) is 0 Å². The lowest BCUT2D eigenvalue weighted by Crippen LogP contribution is -2.61. The fraction of sp³-hybridized carbons (Fsp3) is 0.627. The topological polar surface area (TPSA) is 446 Å². The van der Waals surface area contributed by atoms with Gasteiger partial charge in [0, 0.05) is 126 Å². The number of carboxylic acid groups (broad SMARTS) is 3. The van der Waals surface area contributed by atoms with Crippen molar-refractivity contribution in [3.05, 3.63) is 70.8 Å². The van der Waals surface area contributed by atoms with Gasteiger partial charge in [0.05, 0.1) is 32.3 Å². The van der Waals surface area contributed by atoms with Crippen LogP contribution < -0.4 is 43.4 Å². The van der Waals surface area contributed by atoms with Gasteiger partial charge in [0.2, 0.25) is 59.1 Å². The van der Waals surface area contributed by atoms with Crippen molar-refractivity contribution in [3.8, 4) is 0 Å². The molecule has 34 heteroatoms. The molecule has 31 nitrogen and oxygen atoms in total. The number of rotatable bonds is 25. The Morgan fingerprint density at radius 2 is 1.14 bits per heavy atom. The Morgan fingerprint density at radius 3 is 1.68 bits per heavy atom. The Morgan fingerprint density at radius 1 is 0.604 bits per heavy atom. The normalized spacial score (nSPS) is 23.4. The van der Waals surface area contributed by atoms with Crippen LogP contribution in [0, 0.1) is 0 Å². The van der Waals surface area contributed by atoms with E-state index in [1.165, 1.54) is 52.0 Å². The van der Waals surface area contributed by atoms with Crippen molar-refractivity contribution >= 4 is 112 Å². The minimum Gasteiger partial charge on any atom is -0.480 e. The minimum atomic E-state index is -1.70. The number of aliphatic hydroxyl groups excluding tert-OH is 1. The summed E-state index contributed by atoms with van der Waals surface area (Å²) >= 11 is 4.20. The summed E-state index contributed by atoms with van der Waals surface area (Å²) in [7, 11) is 0. The monoisotopic (exact) mass is 1470 g/mol. The van der Waals surface area contributed by atoms with E-state index in [1.807, 2.05) is 30.0 Å². The maximum absolute atomic E-state index is 14.9. The number of aliphatic hydroxyl groups is 1. The molecule has 0 radical (unpaired) electrons. The smallest absolute Gasteiger partial charge is 0.317 e. The fourth-order valence-electron chi connectivity index (χ4n) is 12.4. The first kappa shape index (κ1) is 82.4. The van der Waals surface area contributed by atoms with Crippen LogP contribution in [-0.2, 0) is 86.0 Å². The molecule has 0 unspecified atom stereocenters. The number of unbranched alkanes of at least 4 members (excludes halogenated alkanes) is 2. The van der Waals surface area contributed by atoms with Crippen LogP contribution >= 0.6 is 35.3 Å². The molecule has 0 spiro atoms. The van der Waals surface area contributed by atoms with E-state index in [0.717, 1.165) is 29.5 Å². The van der Waals surface area contributed by atoms with Crippen LogP contribution in [0.25, 0.3) is 0 Å². The highest BCUT2D eigenvalue weighted by molar-refractivity contribution is 7.99. The molecule has 6 rings (SSSR count). The fourth-order valence-corrected chi connectivity index (χ4v) is 15.2.